The van der Waals surface area contributed by atoms with Gasteiger partial charge in [-0.15, -0.1) is 0 Å². The van der Waals surface area contributed by atoms with Crippen LogP contribution in [-0.2, 0) is 0 Å². The second-order valence-electron chi connectivity index (χ2n) is 5.60. The third-order valence-corrected chi connectivity index (χ3v) is 3.21. The maximum absolute atomic E-state index is 2.59. The Bertz CT molecular complexity index is 155. The van der Waals surface area contributed by atoms with Gasteiger partial charge in [0.25, 0.3) is 0 Å². The first-order valence-corrected chi connectivity index (χ1v) is 6.86. The van der Waals surface area contributed by atoms with Crippen molar-refractivity contribution in [3.05, 3.63) is 0 Å². The fourth-order valence-corrected chi connectivity index (χ4v) is 2.12. The fraction of sp³-hybridized carbons (Fsp3) is 1.00. The van der Waals surface area contributed by atoms with E-state index in [4.69, 9.17) is 0 Å². The average molecular weight is 228 g/mol. The minimum atomic E-state index is 0.831. The van der Waals surface area contributed by atoms with Crippen LogP contribution in [0.2, 0.25) is 0 Å². The van der Waals surface area contributed by atoms with Crippen molar-refractivity contribution < 1.29 is 0 Å². The molecule has 1 unspecified atom stereocenters. The van der Waals surface area contributed by atoms with Crippen LogP contribution in [0.25, 0.3) is 0 Å². The molecular weight excluding hydrogens is 196 g/mol. The lowest BCUT2D eigenvalue weighted by molar-refractivity contribution is 0.201. The molecule has 0 heterocycles. The Balaban J connectivity index is 3.96. The maximum atomic E-state index is 2.59. The lowest BCUT2D eigenvalue weighted by Gasteiger charge is -2.27. The van der Waals surface area contributed by atoms with Gasteiger partial charge in [0.05, 0.1) is 0 Å². The summed E-state index contributed by atoms with van der Waals surface area (Å²) in [6.45, 7) is 14.1. The van der Waals surface area contributed by atoms with Gasteiger partial charge in [0.2, 0.25) is 0 Å². The quantitative estimate of drug-likeness (QED) is 0.599. The molecule has 0 aliphatic heterocycles. The lowest BCUT2D eigenvalue weighted by Crippen LogP contribution is -2.35. The smallest absolute Gasteiger partial charge is 0.0109 e. The van der Waals surface area contributed by atoms with Crippen LogP contribution in [0.4, 0.5) is 0 Å². The predicted molar refractivity (Wildman–Crippen MR) is 73.9 cm³/mol. The second kappa shape index (κ2) is 9.00. The monoisotopic (exact) mass is 228 g/mol. The number of hydrogen-bond donors (Lipinski definition) is 0. The summed E-state index contributed by atoms with van der Waals surface area (Å²) in [5.74, 6) is 1.71. The van der Waals surface area contributed by atoms with Crippen molar-refractivity contribution in [1.29, 1.82) is 0 Å². The van der Waals surface area contributed by atoms with Gasteiger partial charge in [-0.25, -0.2) is 0 Å². The Labute approximate surface area is 103 Å². The van der Waals surface area contributed by atoms with E-state index in [2.05, 4.69) is 51.6 Å². The average Bonchev–Trinajstić information content (AvgIpc) is 2.21. The van der Waals surface area contributed by atoms with E-state index in [0.29, 0.717) is 0 Å². The molecule has 0 N–H and O–H groups in total. The molecular formula is C14H32N2. The number of rotatable bonds is 9. The predicted octanol–water partition coefficient (Wildman–Crippen LogP) is 2.94. The van der Waals surface area contributed by atoms with Gasteiger partial charge < -0.3 is 9.80 Å². The molecule has 98 valence electrons. The molecule has 0 aromatic heterocycles. The molecule has 0 radical (unpaired) electrons. The Morgan fingerprint density at radius 1 is 1.00 bits per heavy atom. The molecule has 0 rings (SSSR count). The summed E-state index contributed by atoms with van der Waals surface area (Å²) in [7, 11) is 4.30. The van der Waals surface area contributed by atoms with E-state index < -0.39 is 0 Å². The third-order valence-electron chi connectivity index (χ3n) is 3.21. The molecule has 1 atom stereocenters. The molecule has 0 bridgehead atoms. The minimum Gasteiger partial charge on any atom is -0.308 e. The molecule has 16 heavy (non-hydrogen) atoms. The zero-order valence-electron chi connectivity index (χ0n) is 12.3. The Kier molecular flexibility index (Phi) is 8.96. The largest absolute Gasteiger partial charge is 0.308 e. The second-order valence-corrected chi connectivity index (χ2v) is 5.60. The summed E-state index contributed by atoms with van der Waals surface area (Å²) in [5, 5.41) is 0. The van der Waals surface area contributed by atoms with Crippen molar-refractivity contribution in [3.8, 4) is 0 Å². The van der Waals surface area contributed by atoms with Gasteiger partial charge >= 0.3 is 0 Å². The first-order chi connectivity index (χ1) is 7.49. The highest BCUT2D eigenvalue weighted by atomic mass is 15.2. The van der Waals surface area contributed by atoms with Crippen LogP contribution in [0.1, 0.15) is 40.5 Å². The van der Waals surface area contributed by atoms with Gasteiger partial charge in [-0.3, -0.25) is 0 Å². The van der Waals surface area contributed by atoms with Gasteiger partial charge in [0.15, 0.2) is 0 Å². The van der Waals surface area contributed by atoms with Gasteiger partial charge in [0.1, 0.15) is 0 Å². The molecule has 0 spiro atoms. The highest BCUT2D eigenvalue weighted by molar-refractivity contribution is 4.66. The van der Waals surface area contributed by atoms with Crippen molar-refractivity contribution in [2.24, 2.45) is 11.8 Å². The van der Waals surface area contributed by atoms with Crippen LogP contribution in [-0.4, -0.2) is 50.1 Å². The third kappa shape index (κ3) is 8.12. The molecule has 2 nitrogen and oxygen atoms in total. The lowest BCUT2D eigenvalue weighted by atomic mass is 9.94. The molecule has 2 heteroatoms. The molecule has 0 amide bonds. The van der Waals surface area contributed by atoms with Crippen LogP contribution in [0.15, 0.2) is 0 Å². The molecule has 0 fully saturated rings. The van der Waals surface area contributed by atoms with Gasteiger partial charge in [-0.1, -0.05) is 34.1 Å². The summed E-state index contributed by atoms with van der Waals surface area (Å²) < 4.78 is 0. The van der Waals surface area contributed by atoms with Crippen molar-refractivity contribution in [2.45, 2.75) is 40.5 Å². The standard InChI is InChI=1S/C14H32N2/c1-7-14(11-13(3)4)12-16(8-2)10-9-15(5)6/h13-14H,7-12H2,1-6H3. The van der Waals surface area contributed by atoms with E-state index in [1.807, 2.05) is 0 Å². The van der Waals surface area contributed by atoms with E-state index in [-0.39, 0.29) is 0 Å². The zero-order chi connectivity index (χ0) is 12.6. The molecule has 0 saturated carbocycles. The van der Waals surface area contributed by atoms with Crippen LogP contribution >= 0.6 is 0 Å². The minimum absolute atomic E-state index is 0.831. The molecule has 0 aromatic rings. The van der Waals surface area contributed by atoms with Crippen LogP contribution in [0, 0.1) is 11.8 Å². The van der Waals surface area contributed by atoms with Crippen molar-refractivity contribution >= 4 is 0 Å². The molecule has 0 saturated heterocycles. The van der Waals surface area contributed by atoms with Crippen molar-refractivity contribution in [2.75, 3.05) is 40.3 Å². The van der Waals surface area contributed by atoms with Crippen molar-refractivity contribution in [3.63, 3.8) is 0 Å². The summed E-state index contributed by atoms with van der Waals surface area (Å²) in [6.07, 6.45) is 2.69. The van der Waals surface area contributed by atoms with E-state index in [1.165, 1.54) is 39.0 Å². The van der Waals surface area contributed by atoms with Crippen LogP contribution in [0.5, 0.6) is 0 Å². The Morgan fingerprint density at radius 2 is 1.62 bits per heavy atom. The van der Waals surface area contributed by atoms with E-state index in [1.54, 1.807) is 0 Å². The van der Waals surface area contributed by atoms with E-state index >= 15 is 0 Å². The molecule has 0 aromatic carbocycles. The highest BCUT2D eigenvalue weighted by Gasteiger charge is 2.13. The fourth-order valence-electron chi connectivity index (χ4n) is 2.12. The summed E-state index contributed by atoms with van der Waals surface area (Å²) in [6, 6.07) is 0. The molecule has 0 aliphatic rings. The van der Waals surface area contributed by atoms with E-state index in [0.717, 1.165) is 11.8 Å². The zero-order valence-corrected chi connectivity index (χ0v) is 12.3. The Morgan fingerprint density at radius 3 is 2.00 bits per heavy atom. The van der Waals surface area contributed by atoms with Gasteiger partial charge in [0, 0.05) is 19.6 Å². The van der Waals surface area contributed by atoms with E-state index in [9.17, 15) is 0 Å². The number of hydrogen-bond acceptors (Lipinski definition) is 2. The van der Waals surface area contributed by atoms with Crippen molar-refractivity contribution in [1.82, 2.24) is 9.80 Å². The first-order valence-electron chi connectivity index (χ1n) is 6.86. The van der Waals surface area contributed by atoms with Crippen LogP contribution in [0.3, 0.4) is 0 Å². The topological polar surface area (TPSA) is 6.48 Å². The van der Waals surface area contributed by atoms with Gasteiger partial charge in [-0.05, 0) is 38.9 Å². The first kappa shape index (κ1) is 15.9. The maximum Gasteiger partial charge on any atom is 0.0109 e. The number of nitrogens with zero attached hydrogens (tertiary/aromatic N) is 2. The number of likely N-dealkylation sites (N-methyl/N-ethyl adjacent to an activating group) is 2. The highest BCUT2D eigenvalue weighted by Crippen LogP contribution is 2.16. The normalized spacial score (nSPS) is 14.1. The van der Waals surface area contributed by atoms with Crippen LogP contribution < -0.4 is 0 Å². The SMILES string of the molecule is CCC(CC(C)C)CN(CC)CCN(C)C. The summed E-state index contributed by atoms with van der Waals surface area (Å²) in [4.78, 5) is 4.86. The van der Waals surface area contributed by atoms with Gasteiger partial charge in [-0.2, -0.15) is 0 Å². The molecule has 0 aliphatic carbocycles. The summed E-state index contributed by atoms with van der Waals surface area (Å²) >= 11 is 0. The Hall–Kier alpha value is -0.0800. The summed E-state index contributed by atoms with van der Waals surface area (Å²) in [5.41, 5.74) is 0.